The summed E-state index contributed by atoms with van der Waals surface area (Å²) < 4.78 is 4.77. The molecule has 2 aromatic carbocycles. The van der Waals surface area contributed by atoms with Crippen LogP contribution in [0, 0.1) is 6.92 Å². The van der Waals surface area contributed by atoms with Crippen LogP contribution in [0.2, 0.25) is 0 Å². The van der Waals surface area contributed by atoms with Gasteiger partial charge in [0.05, 0.1) is 0 Å². The fraction of sp³-hybridized carbons (Fsp3) is 0.261. The van der Waals surface area contributed by atoms with Crippen molar-refractivity contribution in [1.29, 1.82) is 0 Å². The summed E-state index contributed by atoms with van der Waals surface area (Å²) in [6.45, 7) is 3.81. The zero-order chi connectivity index (χ0) is 20.8. The number of aromatic nitrogens is 4. The number of fused-ring (bicyclic) bond motifs is 3. The van der Waals surface area contributed by atoms with Gasteiger partial charge in [0, 0.05) is 32.4 Å². The van der Waals surface area contributed by atoms with Crippen LogP contribution in [0.15, 0.2) is 64.2 Å². The molecule has 0 bridgehead atoms. The molecule has 0 unspecified atom stereocenters. The number of rotatable bonds is 4. The Balaban J connectivity index is 1.62. The highest BCUT2D eigenvalue weighted by molar-refractivity contribution is 5.78. The maximum absolute atomic E-state index is 13.3. The predicted octanol–water partition coefficient (Wildman–Crippen LogP) is 2.60. The number of benzene rings is 2. The van der Waals surface area contributed by atoms with Crippen molar-refractivity contribution < 1.29 is 0 Å². The van der Waals surface area contributed by atoms with Crippen LogP contribution in [-0.4, -0.2) is 25.2 Å². The van der Waals surface area contributed by atoms with Crippen molar-refractivity contribution in [3.05, 3.63) is 86.6 Å². The van der Waals surface area contributed by atoms with E-state index >= 15 is 0 Å². The second-order valence-electron chi connectivity index (χ2n) is 7.71. The van der Waals surface area contributed by atoms with E-state index < -0.39 is 0 Å². The lowest BCUT2D eigenvalue weighted by Crippen LogP contribution is -2.40. The SMILES string of the molecule is Cc1ccccc1N1CCn2c1nc1c2c(=O)n(CCc2ccccc2)c(=O)n1C. The number of hydrogen-bond donors (Lipinski definition) is 0. The molecule has 0 atom stereocenters. The maximum atomic E-state index is 13.3. The minimum absolute atomic E-state index is 0.269. The number of aryl methyl sites for hydroxylation is 3. The molecule has 7 heteroatoms. The van der Waals surface area contributed by atoms with Crippen LogP contribution >= 0.6 is 0 Å². The summed E-state index contributed by atoms with van der Waals surface area (Å²) in [6, 6.07) is 18.0. The normalized spacial score (nSPS) is 13.2. The summed E-state index contributed by atoms with van der Waals surface area (Å²) in [7, 11) is 1.68. The van der Waals surface area contributed by atoms with E-state index in [0.717, 1.165) is 23.4 Å². The van der Waals surface area contributed by atoms with Crippen LogP contribution in [0.5, 0.6) is 0 Å². The molecule has 0 radical (unpaired) electrons. The Bertz CT molecular complexity index is 1360. The fourth-order valence-corrected chi connectivity index (χ4v) is 4.26. The molecule has 0 saturated heterocycles. The zero-order valence-electron chi connectivity index (χ0n) is 17.1. The van der Waals surface area contributed by atoms with E-state index in [4.69, 9.17) is 4.98 Å². The minimum atomic E-state index is -0.331. The molecule has 0 N–H and O–H groups in total. The number of nitrogens with zero attached hydrogens (tertiary/aromatic N) is 5. The smallest absolute Gasteiger partial charge is 0.310 e. The Morgan fingerprint density at radius 1 is 0.967 bits per heavy atom. The van der Waals surface area contributed by atoms with Gasteiger partial charge in [0.25, 0.3) is 5.56 Å². The van der Waals surface area contributed by atoms with Crippen molar-refractivity contribution in [1.82, 2.24) is 18.7 Å². The first-order chi connectivity index (χ1) is 14.6. The highest BCUT2D eigenvalue weighted by atomic mass is 16.2. The van der Waals surface area contributed by atoms with Gasteiger partial charge in [0.1, 0.15) is 0 Å². The van der Waals surface area contributed by atoms with Gasteiger partial charge in [0.15, 0.2) is 11.2 Å². The first-order valence-corrected chi connectivity index (χ1v) is 10.1. The number of imidazole rings is 1. The molecular formula is C23H23N5O2. The van der Waals surface area contributed by atoms with Gasteiger partial charge in [-0.15, -0.1) is 0 Å². The molecule has 0 aliphatic carbocycles. The van der Waals surface area contributed by atoms with Gasteiger partial charge in [-0.05, 0) is 30.5 Å². The predicted molar refractivity (Wildman–Crippen MR) is 118 cm³/mol. The Morgan fingerprint density at radius 3 is 2.47 bits per heavy atom. The Labute approximate surface area is 173 Å². The second kappa shape index (κ2) is 7.02. The minimum Gasteiger partial charge on any atom is -0.310 e. The molecule has 0 amide bonds. The van der Waals surface area contributed by atoms with Crippen molar-refractivity contribution in [3.63, 3.8) is 0 Å². The molecule has 4 aromatic rings. The van der Waals surface area contributed by atoms with E-state index in [2.05, 4.69) is 24.0 Å². The summed E-state index contributed by atoms with van der Waals surface area (Å²) in [5.41, 5.74) is 3.64. The molecule has 3 heterocycles. The second-order valence-corrected chi connectivity index (χ2v) is 7.71. The molecule has 2 aromatic heterocycles. The standard InChI is InChI=1S/C23H23N5O2/c1-16-8-6-7-11-18(16)26-14-15-27-19-20(24-22(26)27)25(2)23(30)28(21(19)29)13-12-17-9-4-3-5-10-17/h3-11H,12-15H2,1-2H3. The van der Waals surface area contributed by atoms with Crippen LogP contribution in [0.3, 0.4) is 0 Å². The molecule has 7 nitrogen and oxygen atoms in total. The lowest BCUT2D eigenvalue weighted by molar-refractivity contribution is 0.600. The van der Waals surface area contributed by atoms with Gasteiger partial charge < -0.3 is 9.47 Å². The molecule has 30 heavy (non-hydrogen) atoms. The first kappa shape index (κ1) is 18.4. The van der Waals surface area contributed by atoms with Gasteiger partial charge in [-0.1, -0.05) is 48.5 Å². The number of para-hydroxylation sites is 1. The van der Waals surface area contributed by atoms with Crippen LogP contribution < -0.4 is 16.1 Å². The van der Waals surface area contributed by atoms with Gasteiger partial charge in [-0.2, -0.15) is 4.98 Å². The Hall–Kier alpha value is -3.61. The van der Waals surface area contributed by atoms with Crippen LogP contribution in [-0.2, 0) is 26.6 Å². The van der Waals surface area contributed by atoms with E-state index in [0.29, 0.717) is 36.6 Å². The molecule has 0 fully saturated rings. The van der Waals surface area contributed by atoms with E-state index in [1.54, 1.807) is 7.05 Å². The van der Waals surface area contributed by atoms with Gasteiger partial charge in [-0.25, -0.2) is 4.79 Å². The summed E-state index contributed by atoms with van der Waals surface area (Å²) >= 11 is 0. The van der Waals surface area contributed by atoms with Gasteiger partial charge in [-0.3, -0.25) is 13.9 Å². The maximum Gasteiger partial charge on any atom is 0.332 e. The highest BCUT2D eigenvalue weighted by Gasteiger charge is 2.29. The van der Waals surface area contributed by atoms with Crippen molar-refractivity contribution in [2.45, 2.75) is 26.4 Å². The monoisotopic (exact) mass is 401 g/mol. The van der Waals surface area contributed by atoms with Gasteiger partial charge in [0.2, 0.25) is 5.95 Å². The largest absolute Gasteiger partial charge is 0.332 e. The fourth-order valence-electron chi connectivity index (χ4n) is 4.26. The third-order valence-corrected chi connectivity index (χ3v) is 5.87. The van der Waals surface area contributed by atoms with Crippen molar-refractivity contribution in [2.24, 2.45) is 7.05 Å². The molecule has 0 saturated carbocycles. The lowest BCUT2D eigenvalue weighted by Gasteiger charge is -2.18. The van der Waals surface area contributed by atoms with E-state index in [-0.39, 0.29) is 11.2 Å². The lowest BCUT2D eigenvalue weighted by atomic mass is 10.1. The summed E-state index contributed by atoms with van der Waals surface area (Å²) in [4.78, 5) is 33.1. The van der Waals surface area contributed by atoms with Gasteiger partial charge >= 0.3 is 5.69 Å². The molecule has 5 rings (SSSR count). The van der Waals surface area contributed by atoms with E-state index in [1.807, 2.05) is 47.0 Å². The van der Waals surface area contributed by atoms with Crippen molar-refractivity contribution in [3.8, 4) is 0 Å². The van der Waals surface area contributed by atoms with Crippen molar-refractivity contribution in [2.75, 3.05) is 11.4 Å². The summed E-state index contributed by atoms with van der Waals surface area (Å²) in [6.07, 6.45) is 0.623. The van der Waals surface area contributed by atoms with Crippen molar-refractivity contribution >= 4 is 22.8 Å². The molecule has 0 spiro atoms. The Kier molecular flexibility index (Phi) is 4.31. The Morgan fingerprint density at radius 2 is 1.70 bits per heavy atom. The molecular weight excluding hydrogens is 378 g/mol. The van der Waals surface area contributed by atoms with Crippen LogP contribution in [0.4, 0.5) is 11.6 Å². The summed E-state index contributed by atoms with van der Waals surface area (Å²) in [5.74, 6) is 0.715. The third kappa shape index (κ3) is 2.77. The highest BCUT2D eigenvalue weighted by Crippen LogP contribution is 2.33. The third-order valence-electron chi connectivity index (χ3n) is 5.87. The molecule has 1 aliphatic rings. The molecule has 1 aliphatic heterocycles. The van der Waals surface area contributed by atoms with Crippen LogP contribution in [0.1, 0.15) is 11.1 Å². The molecule has 152 valence electrons. The van der Waals surface area contributed by atoms with E-state index in [1.165, 1.54) is 9.13 Å². The van der Waals surface area contributed by atoms with E-state index in [9.17, 15) is 9.59 Å². The quantitative estimate of drug-likeness (QED) is 0.527. The van der Waals surface area contributed by atoms with Crippen LogP contribution in [0.25, 0.3) is 11.2 Å². The average molecular weight is 401 g/mol. The summed E-state index contributed by atoms with van der Waals surface area (Å²) in [5, 5.41) is 0. The average Bonchev–Trinajstić information content (AvgIpc) is 3.33. The number of anilines is 2. The number of hydrogen-bond acceptors (Lipinski definition) is 4. The topological polar surface area (TPSA) is 65.1 Å². The zero-order valence-corrected chi connectivity index (χ0v) is 17.1. The first-order valence-electron chi connectivity index (χ1n) is 10.1.